The molecule has 0 amide bonds. The van der Waals surface area contributed by atoms with Crippen LogP contribution in [0.25, 0.3) is 11.5 Å². The van der Waals surface area contributed by atoms with Crippen LogP contribution in [0.5, 0.6) is 5.75 Å². The topological polar surface area (TPSA) is 60.2 Å². The molecule has 2 fully saturated rings. The first kappa shape index (κ1) is 11.9. The maximum Gasteiger partial charge on any atom is 0.261 e. The van der Waals surface area contributed by atoms with E-state index < -0.39 is 0 Å². The van der Waals surface area contributed by atoms with Gasteiger partial charge in [-0.1, -0.05) is 17.3 Å². The van der Waals surface area contributed by atoms with Crippen molar-refractivity contribution in [2.75, 3.05) is 13.1 Å². The number of nitrogens with one attached hydrogen (secondary N) is 1. The molecule has 0 bridgehead atoms. The maximum absolute atomic E-state index is 6.06. The molecule has 1 aliphatic heterocycles. The Morgan fingerprint density at radius 2 is 2.10 bits per heavy atom. The zero-order valence-corrected chi connectivity index (χ0v) is 11.2. The van der Waals surface area contributed by atoms with Crippen molar-refractivity contribution in [2.45, 2.75) is 31.3 Å². The van der Waals surface area contributed by atoms with Crippen LogP contribution in [-0.4, -0.2) is 29.3 Å². The Balaban J connectivity index is 1.62. The summed E-state index contributed by atoms with van der Waals surface area (Å²) in [5.41, 5.74) is 0.888. The molecule has 1 aromatic carbocycles. The van der Waals surface area contributed by atoms with E-state index in [0.717, 1.165) is 36.6 Å². The van der Waals surface area contributed by atoms with Gasteiger partial charge in [-0.2, -0.15) is 4.98 Å². The summed E-state index contributed by atoms with van der Waals surface area (Å²) in [7, 11) is 0. The average molecular weight is 271 g/mol. The van der Waals surface area contributed by atoms with E-state index >= 15 is 0 Å². The van der Waals surface area contributed by atoms with Gasteiger partial charge in [-0.3, -0.25) is 0 Å². The van der Waals surface area contributed by atoms with E-state index in [1.165, 1.54) is 12.8 Å². The molecule has 5 nitrogen and oxygen atoms in total. The standard InChI is InChI=1S/C15H17N3O2/c1-2-4-13(19-11-7-8-16-9-11)12(3-1)15-17-14(18-20-15)10-5-6-10/h1-4,10-11,16H,5-9H2/t11-/m0/s1. The van der Waals surface area contributed by atoms with Crippen LogP contribution in [0.15, 0.2) is 28.8 Å². The molecular weight excluding hydrogens is 254 g/mol. The fourth-order valence-corrected chi connectivity index (χ4v) is 2.51. The van der Waals surface area contributed by atoms with Crippen molar-refractivity contribution in [1.82, 2.24) is 15.5 Å². The molecule has 20 heavy (non-hydrogen) atoms. The number of hydrogen-bond acceptors (Lipinski definition) is 5. The second kappa shape index (κ2) is 4.90. The Morgan fingerprint density at radius 3 is 2.90 bits per heavy atom. The molecule has 4 rings (SSSR count). The van der Waals surface area contributed by atoms with Gasteiger partial charge in [-0.05, 0) is 37.9 Å². The Labute approximate surface area is 117 Å². The number of rotatable bonds is 4. The lowest BCUT2D eigenvalue weighted by Gasteiger charge is -2.14. The van der Waals surface area contributed by atoms with E-state index in [-0.39, 0.29) is 6.10 Å². The van der Waals surface area contributed by atoms with Crippen molar-refractivity contribution in [1.29, 1.82) is 0 Å². The van der Waals surface area contributed by atoms with Gasteiger partial charge in [0.2, 0.25) is 0 Å². The van der Waals surface area contributed by atoms with Crippen LogP contribution in [-0.2, 0) is 0 Å². The van der Waals surface area contributed by atoms with Crippen molar-refractivity contribution in [3.8, 4) is 17.2 Å². The third-order valence-corrected chi connectivity index (χ3v) is 3.81. The summed E-state index contributed by atoms with van der Waals surface area (Å²) in [4.78, 5) is 4.50. The molecule has 5 heteroatoms. The lowest BCUT2D eigenvalue weighted by molar-refractivity contribution is 0.223. The smallest absolute Gasteiger partial charge is 0.261 e. The van der Waals surface area contributed by atoms with Gasteiger partial charge in [0.25, 0.3) is 5.89 Å². The molecule has 1 atom stereocenters. The summed E-state index contributed by atoms with van der Waals surface area (Å²) in [6.07, 6.45) is 3.60. The van der Waals surface area contributed by atoms with E-state index in [9.17, 15) is 0 Å². The molecule has 2 heterocycles. The predicted molar refractivity (Wildman–Crippen MR) is 73.6 cm³/mol. The highest BCUT2D eigenvalue weighted by atomic mass is 16.5. The number of ether oxygens (including phenoxy) is 1. The van der Waals surface area contributed by atoms with Crippen molar-refractivity contribution < 1.29 is 9.26 Å². The summed E-state index contributed by atoms with van der Waals surface area (Å²) in [6, 6.07) is 7.88. The fraction of sp³-hybridized carbons (Fsp3) is 0.467. The lowest BCUT2D eigenvalue weighted by Crippen LogP contribution is -2.19. The molecule has 1 aliphatic carbocycles. The molecule has 104 valence electrons. The van der Waals surface area contributed by atoms with Crippen LogP contribution >= 0.6 is 0 Å². The highest BCUT2D eigenvalue weighted by molar-refractivity contribution is 5.62. The van der Waals surface area contributed by atoms with Crippen LogP contribution in [0, 0.1) is 0 Å². The minimum absolute atomic E-state index is 0.224. The zero-order chi connectivity index (χ0) is 13.4. The largest absolute Gasteiger partial charge is 0.488 e. The number of nitrogens with zero attached hydrogens (tertiary/aromatic N) is 2. The third kappa shape index (κ3) is 2.29. The van der Waals surface area contributed by atoms with Crippen molar-refractivity contribution in [3.63, 3.8) is 0 Å². The van der Waals surface area contributed by atoms with Crippen LogP contribution in [0.4, 0.5) is 0 Å². The quantitative estimate of drug-likeness (QED) is 0.925. The van der Waals surface area contributed by atoms with Gasteiger partial charge < -0.3 is 14.6 Å². The Morgan fingerprint density at radius 1 is 1.20 bits per heavy atom. The molecule has 1 N–H and O–H groups in total. The SMILES string of the molecule is c1ccc(-c2nc(C3CC3)no2)c(O[C@H]2CCNC2)c1. The maximum atomic E-state index is 6.06. The molecule has 1 saturated heterocycles. The third-order valence-electron chi connectivity index (χ3n) is 3.81. The minimum Gasteiger partial charge on any atom is -0.488 e. The van der Waals surface area contributed by atoms with E-state index in [2.05, 4.69) is 15.5 Å². The van der Waals surface area contributed by atoms with Gasteiger partial charge >= 0.3 is 0 Å². The van der Waals surface area contributed by atoms with Crippen LogP contribution in [0.3, 0.4) is 0 Å². The Hall–Kier alpha value is -1.88. The van der Waals surface area contributed by atoms with Gasteiger partial charge in [-0.15, -0.1) is 0 Å². The molecule has 2 aliphatic rings. The molecule has 0 unspecified atom stereocenters. The normalized spacial score (nSPS) is 22.1. The first-order valence-corrected chi connectivity index (χ1v) is 7.20. The monoisotopic (exact) mass is 271 g/mol. The molecule has 0 spiro atoms. The zero-order valence-electron chi connectivity index (χ0n) is 11.2. The van der Waals surface area contributed by atoms with Crippen LogP contribution < -0.4 is 10.1 Å². The van der Waals surface area contributed by atoms with E-state index in [1.807, 2.05) is 24.3 Å². The average Bonchev–Trinajstić information content (AvgIpc) is 3.00. The second-order valence-corrected chi connectivity index (χ2v) is 5.46. The van der Waals surface area contributed by atoms with E-state index in [4.69, 9.17) is 9.26 Å². The van der Waals surface area contributed by atoms with Crippen LogP contribution in [0.2, 0.25) is 0 Å². The van der Waals surface area contributed by atoms with Gasteiger partial charge in [0, 0.05) is 12.5 Å². The predicted octanol–water partition coefficient (Wildman–Crippen LogP) is 2.35. The Bertz CT molecular complexity index is 601. The van der Waals surface area contributed by atoms with Gasteiger partial charge in [0.15, 0.2) is 5.82 Å². The highest BCUT2D eigenvalue weighted by Crippen LogP contribution is 2.39. The minimum atomic E-state index is 0.224. The van der Waals surface area contributed by atoms with Gasteiger partial charge in [-0.25, -0.2) is 0 Å². The summed E-state index contributed by atoms with van der Waals surface area (Å²) in [5.74, 6) is 2.72. The number of benzene rings is 1. The first-order chi connectivity index (χ1) is 9.90. The summed E-state index contributed by atoms with van der Waals surface area (Å²) in [5, 5.41) is 7.38. The first-order valence-electron chi connectivity index (χ1n) is 7.20. The number of hydrogen-bond donors (Lipinski definition) is 1. The fourth-order valence-electron chi connectivity index (χ4n) is 2.51. The number of para-hydroxylation sites is 1. The van der Waals surface area contributed by atoms with Crippen molar-refractivity contribution in [3.05, 3.63) is 30.1 Å². The lowest BCUT2D eigenvalue weighted by atomic mass is 10.2. The van der Waals surface area contributed by atoms with E-state index in [1.54, 1.807) is 0 Å². The van der Waals surface area contributed by atoms with Crippen molar-refractivity contribution in [2.24, 2.45) is 0 Å². The molecular formula is C15H17N3O2. The van der Waals surface area contributed by atoms with Crippen molar-refractivity contribution >= 4 is 0 Å². The molecule has 0 radical (unpaired) electrons. The summed E-state index contributed by atoms with van der Waals surface area (Å²) in [6.45, 7) is 1.91. The van der Waals surface area contributed by atoms with Gasteiger partial charge in [0.05, 0.1) is 5.56 Å². The second-order valence-electron chi connectivity index (χ2n) is 5.46. The van der Waals surface area contributed by atoms with E-state index in [0.29, 0.717) is 11.8 Å². The molecule has 2 aromatic rings. The number of aromatic nitrogens is 2. The Kier molecular flexibility index (Phi) is 2.92. The molecule has 1 aromatic heterocycles. The highest BCUT2D eigenvalue weighted by Gasteiger charge is 2.29. The molecule has 1 saturated carbocycles. The summed E-state index contributed by atoms with van der Waals surface area (Å²) >= 11 is 0. The van der Waals surface area contributed by atoms with Gasteiger partial charge in [0.1, 0.15) is 11.9 Å². The summed E-state index contributed by atoms with van der Waals surface area (Å²) < 4.78 is 11.5. The van der Waals surface area contributed by atoms with Crippen LogP contribution in [0.1, 0.15) is 31.0 Å².